The third-order valence-electron chi connectivity index (χ3n) is 6.95. The zero-order chi connectivity index (χ0) is 30.8. The van der Waals surface area contributed by atoms with E-state index in [2.05, 4.69) is 5.32 Å². The molecule has 224 valence electrons. The molecule has 0 radical (unpaired) electrons. The molecular weight excluding hydrogens is 538 g/mol. The molecular formula is C32H39N3O7. The highest BCUT2D eigenvalue weighted by Gasteiger charge is 2.46. The first-order chi connectivity index (χ1) is 19.7. The topological polar surface area (TPSA) is 127 Å². The second-order valence-electron chi connectivity index (χ2n) is 12.5. The number of nitrogens with one attached hydrogen (secondary N) is 1. The number of amides is 2. The highest BCUT2D eigenvalue weighted by molar-refractivity contribution is 5.91. The minimum absolute atomic E-state index is 0.0268. The fraction of sp³-hybridized carbons (Fsp3) is 0.438. The van der Waals surface area contributed by atoms with Crippen LogP contribution in [0.25, 0.3) is 22.2 Å². The molecule has 1 saturated heterocycles. The Balaban J connectivity index is 1.65. The van der Waals surface area contributed by atoms with Crippen LogP contribution in [-0.2, 0) is 14.3 Å². The number of aliphatic carboxylic acids is 1. The molecule has 2 amide bonds. The van der Waals surface area contributed by atoms with Gasteiger partial charge in [0.1, 0.15) is 35.3 Å². The van der Waals surface area contributed by atoms with Gasteiger partial charge in [-0.3, -0.25) is 4.79 Å². The number of hydrogen-bond donors (Lipinski definition) is 2. The lowest BCUT2D eigenvalue weighted by Gasteiger charge is -2.35. The molecule has 0 saturated carbocycles. The van der Waals surface area contributed by atoms with E-state index in [1.807, 2.05) is 48.5 Å². The van der Waals surface area contributed by atoms with E-state index < -0.39 is 47.2 Å². The van der Waals surface area contributed by atoms with Crippen molar-refractivity contribution < 1.29 is 33.7 Å². The number of aromatic nitrogens is 1. The molecule has 2 N–H and O–H groups in total. The molecule has 10 nitrogen and oxygen atoms in total. The maximum absolute atomic E-state index is 13.8. The standard InChI is InChI=1S/C32H39N3O7/c1-31(2,3)27(34-30(39)42-32(4,5)6)28(36)35-18-21(16-25(35)29(37)38)41-26-17-23(19-11-9-8-10-12-19)33-24-15-20(40-7)13-14-22(24)26/h8-15,17,21,25,27H,16,18H2,1-7H3,(H,34,39)(H,37,38)/t21?,25-,27+/m0/s1. The summed E-state index contributed by atoms with van der Waals surface area (Å²) in [5.74, 6) is -0.500. The molecule has 1 aromatic heterocycles. The number of nitrogens with zero attached hydrogens (tertiary/aromatic N) is 2. The second kappa shape index (κ2) is 11.9. The van der Waals surface area contributed by atoms with Gasteiger partial charge in [0.05, 0.1) is 24.9 Å². The van der Waals surface area contributed by atoms with Gasteiger partial charge in [-0.15, -0.1) is 0 Å². The van der Waals surface area contributed by atoms with Crippen molar-refractivity contribution in [2.75, 3.05) is 13.7 Å². The predicted octanol–water partition coefficient (Wildman–Crippen LogP) is 5.28. The van der Waals surface area contributed by atoms with Crippen molar-refractivity contribution in [2.45, 2.75) is 71.8 Å². The number of ether oxygens (including phenoxy) is 3. The van der Waals surface area contributed by atoms with Gasteiger partial charge in [0.15, 0.2) is 0 Å². The van der Waals surface area contributed by atoms with Gasteiger partial charge in [0.2, 0.25) is 5.91 Å². The quantitative estimate of drug-likeness (QED) is 0.388. The Morgan fingerprint density at radius 3 is 2.31 bits per heavy atom. The van der Waals surface area contributed by atoms with Crippen LogP contribution in [0, 0.1) is 5.41 Å². The van der Waals surface area contributed by atoms with Gasteiger partial charge in [0.25, 0.3) is 0 Å². The van der Waals surface area contributed by atoms with Crippen LogP contribution in [0.2, 0.25) is 0 Å². The Bertz CT molecular complexity index is 1460. The Morgan fingerprint density at radius 2 is 1.71 bits per heavy atom. The van der Waals surface area contributed by atoms with E-state index in [1.165, 1.54) is 4.90 Å². The largest absolute Gasteiger partial charge is 0.497 e. The molecule has 2 heterocycles. The first kappa shape index (κ1) is 30.6. The minimum Gasteiger partial charge on any atom is -0.497 e. The van der Waals surface area contributed by atoms with Crippen LogP contribution in [0.4, 0.5) is 4.79 Å². The number of likely N-dealkylation sites (tertiary alicyclic amines) is 1. The number of carbonyl (C=O) groups excluding carboxylic acids is 2. The number of benzene rings is 2. The van der Waals surface area contributed by atoms with Gasteiger partial charge in [-0.2, -0.15) is 0 Å². The molecule has 1 aliphatic rings. The summed E-state index contributed by atoms with van der Waals surface area (Å²) in [5.41, 5.74) is 0.741. The summed E-state index contributed by atoms with van der Waals surface area (Å²) in [5, 5.41) is 13.5. The zero-order valence-electron chi connectivity index (χ0n) is 25.1. The SMILES string of the molecule is COc1ccc2c(OC3C[C@@H](C(=O)O)N(C(=O)[C@@H](NC(=O)OC(C)(C)C)C(C)(C)C)C3)cc(-c3ccccc3)nc2c1. The van der Waals surface area contributed by atoms with Crippen LogP contribution in [-0.4, -0.2) is 70.4 Å². The summed E-state index contributed by atoms with van der Waals surface area (Å²) >= 11 is 0. The van der Waals surface area contributed by atoms with E-state index in [1.54, 1.807) is 54.7 Å². The monoisotopic (exact) mass is 577 g/mol. The third kappa shape index (κ3) is 7.10. The summed E-state index contributed by atoms with van der Waals surface area (Å²) in [6, 6.07) is 14.8. The fourth-order valence-corrected chi connectivity index (χ4v) is 4.94. The van der Waals surface area contributed by atoms with Gasteiger partial charge >= 0.3 is 12.1 Å². The second-order valence-corrected chi connectivity index (χ2v) is 12.5. The molecule has 3 aromatic rings. The van der Waals surface area contributed by atoms with E-state index in [4.69, 9.17) is 19.2 Å². The lowest BCUT2D eigenvalue weighted by atomic mass is 9.85. The molecule has 0 bridgehead atoms. The molecule has 4 rings (SSSR count). The number of fused-ring (bicyclic) bond motifs is 1. The van der Waals surface area contributed by atoms with Crippen molar-refractivity contribution >= 4 is 28.9 Å². The van der Waals surface area contributed by atoms with Gasteiger partial charge in [0, 0.05) is 29.5 Å². The van der Waals surface area contributed by atoms with Crippen LogP contribution in [0.1, 0.15) is 48.0 Å². The minimum atomic E-state index is -1.14. The number of methoxy groups -OCH3 is 1. The van der Waals surface area contributed by atoms with Crippen LogP contribution in [0.3, 0.4) is 0 Å². The van der Waals surface area contributed by atoms with Gasteiger partial charge in [-0.25, -0.2) is 14.6 Å². The number of alkyl carbamates (subject to hydrolysis) is 1. The molecule has 0 aliphatic carbocycles. The number of pyridine rings is 1. The summed E-state index contributed by atoms with van der Waals surface area (Å²) < 4.78 is 17.2. The molecule has 10 heteroatoms. The Hall–Kier alpha value is -4.34. The summed E-state index contributed by atoms with van der Waals surface area (Å²) in [6.07, 6.45) is -1.29. The van der Waals surface area contributed by atoms with Crippen molar-refractivity contribution in [3.8, 4) is 22.8 Å². The normalized spacial score (nSPS) is 17.9. The lowest BCUT2D eigenvalue weighted by molar-refractivity contribution is -0.150. The Labute approximate surface area is 246 Å². The highest BCUT2D eigenvalue weighted by Crippen LogP contribution is 2.35. The molecule has 1 aliphatic heterocycles. The lowest BCUT2D eigenvalue weighted by Crippen LogP contribution is -2.57. The van der Waals surface area contributed by atoms with Gasteiger partial charge in [-0.1, -0.05) is 51.1 Å². The number of hydrogen-bond acceptors (Lipinski definition) is 7. The predicted molar refractivity (Wildman–Crippen MR) is 159 cm³/mol. The van der Waals surface area contributed by atoms with Crippen LogP contribution in [0.15, 0.2) is 54.6 Å². The molecule has 1 unspecified atom stereocenters. The first-order valence-corrected chi connectivity index (χ1v) is 13.9. The van der Waals surface area contributed by atoms with Crippen LogP contribution >= 0.6 is 0 Å². The van der Waals surface area contributed by atoms with Gasteiger partial charge in [-0.05, 0) is 38.3 Å². The van der Waals surface area contributed by atoms with Crippen LogP contribution < -0.4 is 14.8 Å². The zero-order valence-corrected chi connectivity index (χ0v) is 25.1. The van der Waals surface area contributed by atoms with E-state index in [0.717, 1.165) is 10.9 Å². The summed E-state index contributed by atoms with van der Waals surface area (Å²) in [4.78, 5) is 44.9. The van der Waals surface area contributed by atoms with E-state index in [9.17, 15) is 19.5 Å². The fourth-order valence-electron chi connectivity index (χ4n) is 4.94. The average Bonchev–Trinajstić information content (AvgIpc) is 3.34. The molecule has 42 heavy (non-hydrogen) atoms. The molecule has 0 spiro atoms. The summed E-state index contributed by atoms with van der Waals surface area (Å²) in [7, 11) is 1.58. The average molecular weight is 578 g/mol. The van der Waals surface area contributed by atoms with Gasteiger partial charge < -0.3 is 29.5 Å². The van der Waals surface area contributed by atoms with E-state index in [-0.39, 0.29) is 13.0 Å². The Kier molecular flexibility index (Phi) is 8.65. The maximum Gasteiger partial charge on any atom is 0.408 e. The van der Waals surface area contributed by atoms with Crippen molar-refractivity contribution in [1.29, 1.82) is 0 Å². The number of carboxylic acids is 1. The Morgan fingerprint density at radius 1 is 1.02 bits per heavy atom. The number of rotatable bonds is 7. The molecule has 1 fully saturated rings. The summed E-state index contributed by atoms with van der Waals surface area (Å²) in [6.45, 7) is 10.6. The van der Waals surface area contributed by atoms with Crippen molar-refractivity contribution in [3.05, 3.63) is 54.6 Å². The van der Waals surface area contributed by atoms with Crippen molar-refractivity contribution in [2.24, 2.45) is 5.41 Å². The van der Waals surface area contributed by atoms with Crippen molar-refractivity contribution in [1.82, 2.24) is 15.2 Å². The smallest absolute Gasteiger partial charge is 0.408 e. The number of carbonyl (C=O) groups is 3. The third-order valence-corrected chi connectivity index (χ3v) is 6.95. The van der Waals surface area contributed by atoms with Crippen LogP contribution in [0.5, 0.6) is 11.5 Å². The highest BCUT2D eigenvalue weighted by atomic mass is 16.6. The van der Waals surface area contributed by atoms with Crippen molar-refractivity contribution in [3.63, 3.8) is 0 Å². The first-order valence-electron chi connectivity index (χ1n) is 13.9. The number of carboxylic acid groups (broad SMARTS) is 1. The van der Waals surface area contributed by atoms with E-state index in [0.29, 0.717) is 22.7 Å². The van der Waals surface area contributed by atoms with E-state index >= 15 is 0 Å². The molecule has 2 aromatic carbocycles. The molecule has 3 atom stereocenters. The maximum atomic E-state index is 13.8.